The van der Waals surface area contributed by atoms with Crippen molar-refractivity contribution < 1.29 is 4.74 Å². The van der Waals surface area contributed by atoms with Gasteiger partial charge in [0.15, 0.2) is 0 Å². The fraction of sp³-hybridized carbons (Fsp3) is 0.571. The Hall–Kier alpha value is -1.06. The number of nitrogens with one attached hydrogen (secondary N) is 2. The minimum absolute atomic E-state index is 0.284. The minimum atomic E-state index is 0.284. The predicted molar refractivity (Wildman–Crippen MR) is 70.6 cm³/mol. The van der Waals surface area contributed by atoms with E-state index in [1.165, 1.54) is 12.0 Å². The van der Waals surface area contributed by atoms with Crippen LogP contribution in [0.4, 0.5) is 0 Å². The van der Waals surface area contributed by atoms with Crippen LogP contribution in [0, 0.1) is 0 Å². The third-order valence-electron chi connectivity index (χ3n) is 3.49. The van der Waals surface area contributed by atoms with Crippen LogP contribution in [0.3, 0.4) is 0 Å². The van der Waals surface area contributed by atoms with E-state index < -0.39 is 0 Å². The van der Waals surface area contributed by atoms with E-state index in [1.807, 2.05) is 12.1 Å². The molecule has 0 saturated carbocycles. The average Bonchev–Trinajstić information content (AvgIpc) is 2.77. The zero-order chi connectivity index (χ0) is 12.1. The van der Waals surface area contributed by atoms with Gasteiger partial charge in [-0.25, -0.2) is 0 Å². The highest BCUT2D eigenvalue weighted by Gasteiger charge is 2.26. The summed E-state index contributed by atoms with van der Waals surface area (Å²) in [6.07, 6.45) is 2.29. The predicted octanol–water partition coefficient (Wildman–Crippen LogP) is 1.58. The standard InChI is InChI=1S/C14H22N2O/c1-14(8-10-15-11-14)16-9-7-12-3-5-13(17-2)6-4-12/h3-6,15-16H,7-11H2,1-2H3. The fourth-order valence-corrected chi connectivity index (χ4v) is 2.27. The van der Waals surface area contributed by atoms with Crippen LogP contribution in [0.5, 0.6) is 5.75 Å². The molecule has 1 aromatic rings. The normalized spacial score (nSPS) is 23.9. The second-order valence-corrected chi connectivity index (χ2v) is 5.01. The fourth-order valence-electron chi connectivity index (χ4n) is 2.27. The van der Waals surface area contributed by atoms with Gasteiger partial charge in [0.1, 0.15) is 5.75 Å². The highest BCUT2D eigenvalue weighted by Crippen LogP contribution is 2.14. The van der Waals surface area contributed by atoms with Gasteiger partial charge in [0.2, 0.25) is 0 Å². The molecule has 2 N–H and O–H groups in total. The number of benzene rings is 1. The molecule has 0 aliphatic carbocycles. The summed E-state index contributed by atoms with van der Waals surface area (Å²) in [5.74, 6) is 0.925. The Bertz CT molecular complexity index is 342. The van der Waals surface area contributed by atoms with E-state index in [4.69, 9.17) is 4.74 Å². The van der Waals surface area contributed by atoms with Gasteiger partial charge >= 0.3 is 0 Å². The zero-order valence-electron chi connectivity index (χ0n) is 10.8. The molecule has 0 radical (unpaired) electrons. The van der Waals surface area contributed by atoms with Crippen molar-refractivity contribution in [1.29, 1.82) is 0 Å². The summed E-state index contributed by atoms with van der Waals surface area (Å²) in [6, 6.07) is 8.31. The molecular weight excluding hydrogens is 212 g/mol. The second kappa shape index (κ2) is 5.52. The van der Waals surface area contributed by atoms with Crippen molar-refractivity contribution in [3.05, 3.63) is 29.8 Å². The summed E-state index contributed by atoms with van der Waals surface area (Å²) in [5, 5.41) is 7.04. The highest BCUT2D eigenvalue weighted by molar-refractivity contribution is 5.27. The molecule has 1 aromatic carbocycles. The van der Waals surface area contributed by atoms with Crippen LogP contribution in [-0.4, -0.2) is 32.3 Å². The third-order valence-corrected chi connectivity index (χ3v) is 3.49. The SMILES string of the molecule is COc1ccc(CCNC2(C)CCNC2)cc1. The van der Waals surface area contributed by atoms with Gasteiger partial charge in [0.25, 0.3) is 0 Å². The Morgan fingerprint density at radius 1 is 1.35 bits per heavy atom. The maximum Gasteiger partial charge on any atom is 0.118 e. The van der Waals surface area contributed by atoms with Gasteiger partial charge in [-0.1, -0.05) is 12.1 Å². The molecule has 2 rings (SSSR count). The Labute approximate surface area is 104 Å². The van der Waals surface area contributed by atoms with E-state index in [0.717, 1.165) is 31.8 Å². The average molecular weight is 234 g/mol. The van der Waals surface area contributed by atoms with Crippen molar-refractivity contribution in [2.24, 2.45) is 0 Å². The largest absolute Gasteiger partial charge is 0.497 e. The van der Waals surface area contributed by atoms with Gasteiger partial charge < -0.3 is 15.4 Å². The number of hydrogen-bond donors (Lipinski definition) is 2. The van der Waals surface area contributed by atoms with Gasteiger partial charge in [-0.15, -0.1) is 0 Å². The lowest BCUT2D eigenvalue weighted by molar-refractivity contribution is 0.390. The molecule has 3 heteroatoms. The smallest absolute Gasteiger partial charge is 0.118 e. The molecule has 1 aliphatic heterocycles. The molecule has 17 heavy (non-hydrogen) atoms. The molecule has 1 fully saturated rings. The van der Waals surface area contributed by atoms with Crippen molar-refractivity contribution in [2.45, 2.75) is 25.3 Å². The summed E-state index contributed by atoms with van der Waals surface area (Å²) in [4.78, 5) is 0. The minimum Gasteiger partial charge on any atom is -0.497 e. The molecule has 1 aliphatic rings. The Kier molecular flexibility index (Phi) is 4.02. The first-order valence-electron chi connectivity index (χ1n) is 6.31. The number of rotatable bonds is 5. The highest BCUT2D eigenvalue weighted by atomic mass is 16.5. The summed E-state index contributed by atoms with van der Waals surface area (Å²) >= 11 is 0. The van der Waals surface area contributed by atoms with Crippen LogP contribution in [0.25, 0.3) is 0 Å². The molecule has 1 saturated heterocycles. The number of hydrogen-bond acceptors (Lipinski definition) is 3. The molecule has 1 heterocycles. The van der Waals surface area contributed by atoms with Crippen molar-refractivity contribution in [3.8, 4) is 5.75 Å². The molecule has 1 atom stereocenters. The summed E-state index contributed by atoms with van der Waals surface area (Å²) in [7, 11) is 1.70. The topological polar surface area (TPSA) is 33.3 Å². The van der Waals surface area contributed by atoms with Crippen molar-refractivity contribution in [3.63, 3.8) is 0 Å². The first kappa shape index (κ1) is 12.4. The van der Waals surface area contributed by atoms with E-state index in [0.29, 0.717) is 0 Å². The van der Waals surface area contributed by atoms with Crippen LogP contribution in [0.2, 0.25) is 0 Å². The summed E-state index contributed by atoms with van der Waals surface area (Å²) in [5.41, 5.74) is 1.64. The van der Waals surface area contributed by atoms with Gasteiger partial charge in [0, 0.05) is 12.1 Å². The van der Waals surface area contributed by atoms with E-state index in [1.54, 1.807) is 7.11 Å². The zero-order valence-corrected chi connectivity index (χ0v) is 10.8. The molecule has 0 bridgehead atoms. The molecule has 3 nitrogen and oxygen atoms in total. The first-order valence-corrected chi connectivity index (χ1v) is 6.31. The van der Waals surface area contributed by atoms with Crippen LogP contribution in [0.15, 0.2) is 24.3 Å². The molecule has 1 unspecified atom stereocenters. The number of methoxy groups -OCH3 is 1. The Balaban J connectivity index is 1.77. The lowest BCUT2D eigenvalue weighted by Gasteiger charge is -2.24. The van der Waals surface area contributed by atoms with Gasteiger partial charge in [-0.3, -0.25) is 0 Å². The van der Waals surface area contributed by atoms with Crippen LogP contribution in [-0.2, 0) is 6.42 Å². The lowest BCUT2D eigenvalue weighted by atomic mass is 10.0. The van der Waals surface area contributed by atoms with Crippen LogP contribution in [0.1, 0.15) is 18.9 Å². The van der Waals surface area contributed by atoms with E-state index in [2.05, 4.69) is 29.7 Å². The third kappa shape index (κ3) is 3.45. The van der Waals surface area contributed by atoms with Gasteiger partial charge in [0.05, 0.1) is 7.11 Å². The van der Waals surface area contributed by atoms with Gasteiger partial charge in [-0.05, 0) is 50.6 Å². The first-order chi connectivity index (χ1) is 8.22. The number of ether oxygens (including phenoxy) is 1. The molecule has 94 valence electrons. The van der Waals surface area contributed by atoms with E-state index in [9.17, 15) is 0 Å². The van der Waals surface area contributed by atoms with E-state index in [-0.39, 0.29) is 5.54 Å². The molecule has 0 spiro atoms. The summed E-state index contributed by atoms with van der Waals surface area (Å²) in [6.45, 7) is 5.53. The second-order valence-electron chi connectivity index (χ2n) is 5.01. The van der Waals surface area contributed by atoms with Crippen molar-refractivity contribution >= 4 is 0 Å². The molecule has 0 aromatic heterocycles. The van der Waals surface area contributed by atoms with Crippen LogP contribution >= 0.6 is 0 Å². The Morgan fingerprint density at radius 3 is 2.71 bits per heavy atom. The molecule has 0 amide bonds. The van der Waals surface area contributed by atoms with Gasteiger partial charge in [-0.2, -0.15) is 0 Å². The maximum absolute atomic E-state index is 5.15. The Morgan fingerprint density at radius 2 is 2.12 bits per heavy atom. The van der Waals surface area contributed by atoms with Crippen LogP contribution < -0.4 is 15.4 Å². The van der Waals surface area contributed by atoms with Crippen molar-refractivity contribution in [1.82, 2.24) is 10.6 Å². The molecular formula is C14H22N2O. The summed E-state index contributed by atoms with van der Waals surface area (Å²) < 4.78 is 5.15. The van der Waals surface area contributed by atoms with E-state index >= 15 is 0 Å². The van der Waals surface area contributed by atoms with Crippen molar-refractivity contribution in [2.75, 3.05) is 26.7 Å². The monoisotopic (exact) mass is 234 g/mol. The lowest BCUT2D eigenvalue weighted by Crippen LogP contribution is -2.44. The maximum atomic E-state index is 5.15. The quantitative estimate of drug-likeness (QED) is 0.811.